The van der Waals surface area contributed by atoms with E-state index < -0.39 is 0 Å². The van der Waals surface area contributed by atoms with Gasteiger partial charge in [0.15, 0.2) is 5.78 Å². The molecule has 0 spiro atoms. The number of ketones is 1. The van der Waals surface area contributed by atoms with Crippen molar-refractivity contribution in [2.75, 3.05) is 20.2 Å². The van der Waals surface area contributed by atoms with Gasteiger partial charge in [0.2, 0.25) is 0 Å². The van der Waals surface area contributed by atoms with E-state index in [-0.39, 0.29) is 17.1 Å². The molecule has 0 aromatic heterocycles. The van der Waals surface area contributed by atoms with Gasteiger partial charge in [0.1, 0.15) is 17.1 Å². The Morgan fingerprint density at radius 3 is 2.61 bits per heavy atom. The summed E-state index contributed by atoms with van der Waals surface area (Å²) in [6, 6.07) is 9.79. The van der Waals surface area contributed by atoms with Crippen LogP contribution < -0.4 is 4.74 Å². The Morgan fingerprint density at radius 2 is 1.93 bits per heavy atom. The van der Waals surface area contributed by atoms with Crippen molar-refractivity contribution in [2.24, 2.45) is 0 Å². The van der Waals surface area contributed by atoms with E-state index in [1.54, 1.807) is 6.08 Å². The third kappa shape index (κ3) is 4.63. The highest BCUT2D eigenvalue weighted by Gasteiger charge is 2.23. The zero-order chi connectivity index (χ0) is 20.1. The van der Waals surface area contributed by atoms with Crippen molar-refractivity contribution in [2.45, 2.75) is 39.7 Å². The van der Waals surface area contributed by atoms with E-state index in [1.165, 1.54) is 32.4 Å². The van der Waals surface area contributed by atoms with Crippen molar-refractivity contribution in [3.05, 3.63) is 64.2 Å². The smallest absolute Gasteiger partial charge is 0.193 e. The van der Waals surface area contributed by atoms with Gasteiger partial charge >= 0.3 is 0 Å². The summed E-state index contributed by atoms with van der Waals surface area (Å²) in [5, 5.41) is 11.0. The molecule has 0 atom stereocenters. The highest BCUT2D eigenvalue weighted by Crippen LogP contribution is 2.36. The Hall–Kier alpha value is -2.59. The predicted molar refractivity (Wildman–Crippen MR) is 113 cm³/mol. The molecular weight excluding hydrogens is 350 g/mol. The molecular formula is C24H29NO3. The fourth-order valence-corrected chi connectivity index (χ4v) is 3.78. The molecule has 148 valence electrons. The first-order valence-corrected chi connectivity index (χ1v) is 9.90. The standard InChI is InChI=1S/C24H29NO3/c1-17-8-7-9-19(14-17)10-11-21(26)23-22(28-3)15-18(2)20(24(23)27)16-25-12-5-4-6-13-25/h7-11,14-15,27H,4-6,12-13,16H2,1-3H3/b11-10+. The number of likely N-dealkylation sites (tertiary alicyclic amines) is 1. The number of rotatable bonds is 6. The summed E-state index contributed by atoms with van der Waals surface area (Å²) < 4.78 is 5.42. The average molecular weight is 380 g/mol. The molecule has 1 N–H and O–H groups in total. The lowest BCUT2D eigenvalue weighted by molar-refractivity contribution is 0.104. The maximum absolute atomic E-state index is 12.9. The van der Waals surface area contributed by atoms with Crippen LogP contribution in [0.1, 0.15) is 51.9 Å². The molecule has 2 aromatic rings. The molecule has 3 rings (SSSR count). The van der Waals surface area contributed by atoms with Gasteiger partial charge in [-0.1, -0.05) is 42.3 Å². The van der Waals surface area contributed by atoms with E-state index in [0.29, 0.717) is 12.3 Å². The third-order valence-corrected chi connectivity index (χ3v) is 5.36. The van der Waals surface area contributed by atoms with Crippen LogP contribution in [0.5, 0.6) is 11.5 Å². The second-order valence-electron chi connectivity index (χ2n) is 7.55. The second-order valence-corrected chi connectivity index (χ2v) is 7.55. The number of hydrogen-bond acceptors (Lipinski definition) is 4. The van der Waals surface area contributed by atoms with Crippen molar-refractivity contribution in [3.8, 4) is 11.5 Å². The van der Waals surface area contributed by atoms with Gasteiger partial charge in [0.05, 0.1) is 7.11 Å². The van der Waals surface area contributed by atoms with Crippen molar-refractivity contribution < 1.29 is 14.6 Å². The molecule has 0 aliphatic carbocycles. The van der Waals surface area contributed by atoms with Crippen molar-refractivity contribution in [1.29, 1.82) is 0 Å². The highest BCUT2D eigenvalue weighted by atomic mass is 16.5. The summed E-state index contributed by atoms with van der Waals surface area (Å²) in [7, 11) is 1.53. The van der Waals surface area contributed by atoms with Crippen LogP contribution in [-0.2, 0) is 6.54 Å². The number of piperidine rings is 1. The SMILES string of the molecule is COc1cc(C)c(CN2CCCCC2)c(O)c1C(=O)/C=C/c1cccc(C)c1. The average Bonchev–Trinajstić information content (AvgIpc) is 2.69. The summed E-state index contributed by atoms with van der Waals surface area (Å²) >= 11 is 0. The number of carbonyl (C=O) groups is 1. The number of allylic oxidation sites excluding steroid dienone is 1. The van der Waals surface area contributed by atoms with Gasteiger partial charge in [-0.25, -0.2) is 0 Å². The molecule has 1 saturated heterocycles. The lowest BCUT2D eigenvalue weighted by Crippen LogP contribution is -2.29. The molecule has 1 aliphatic heterocycles. The number of phenols is 1. The van der Waals surface area contributed by atoms with Crippen molar-refractivity contribution in [1.82, 2.24) is 4.90 Å². The van der Waals surface area contributed by atoms with Gasteiger partial charge < -0.3 is 9.84 Å². The maximum Gasteiger partial charge on any atom is 0.193 e. The van der Waals surface area contributed by atoms with Crippen LogP contribution in [0.2, 0.25) is 0 Å². The maximum atomic E-state index is 12.9. The minimum absolute atomic E-state index is 0.0429. The molecule has 0 radical (unpaired) electrons. The lowest BCUT2D eigenvalue weighted by atomic mass is 9.97. The zero-order valence-electron chi connectivity index (χ0n) is 17.0. The number of hydrogen-bond donors (Lipinski definition) is 1. The van der Waals surface area contributed by atoms with E-state index in [4.69, 9.17) is 4.74 Å². The van der Waals surface area contributed by atoms with E-state index in [2.05, 4.69) is 4.90 Å². The van der Waals surface area contributed by atoms with Gasteiger partial charge in [-0.15, -0.1) is 0 Å². The monoisotopic (exact) mass is 379 g/mol. The van der Waals surface area contributed by atoms with Crippen LogP contribution in [0.4, 0.5) is 0 Å². The van der Waals surface area contributed by atoms with Gasteiger partial charge in [-0.3, -0.25) is 9.69 Å². The summed E-state index contributed by atoms with van der Waals surface area (Å²) in [6.07, 6.45) is 6.91. The Bertz CT molecular complexity index is 880. The topological polar surface area (TPSA) is 49.8 Å². The molecule has 4 heteroatoms. The highest BCUT2D eigenvalue weighted by molar-refractivity contribution is 6.10. The van der Waals surface area contributed by atoms with Gasteiger partial charge in [0.25, 0.3) is 0 Å². The number of aromatic hydroxyl groups is 1. The molecule has 0 bridgehead atoms. The fraction of sp³-hybridized carbons (Fsp3) is 0.375. The first-order valence-electron chi connectivity index (χ1n) is 9.90. The number of ether oxygens (including phenoxy) is 1. The van der Waals surface area contributed by atoms with E-state index in [1.807, 2.05) is 44.2 Å². The van der Waals surface area contributed by atoms with Gasteiger partial charge in [-0.05, 0) is 63.0 Å². The normalized spacial score (nSPS) is 15.1. The van der Waals surface area contributed by atoms with Gasteiger partial charge in [-0.2, -0.15) is 0 Å². The summed E-state index contributed by atoms with van der Waals surface area (Å²) in [5.74, 6) is 0.202. The predicted octanol–water partition coefficient (Wildman–Crippen LogP) is 4.90. The molecule has 28 heavy (non-hydrogen) atoms. The minimum Gasteiger partial charge on any atom is -0.507 e. The third-order valence-electron chi connectivity index (χ3n) is 5.36. The van der Waals surface area contributed by atoms with E-state index in [9.17, 15) is 9.90 Å². The van der Waals surface area contributed by atoms with E-state index in [0.717, 1.165) is 35.3 Å². The van der Waals surface area contributed by atoms with Crippen LogP contribution in [0.25, 0.3) is 6.08 Å². The van der Waals surface area contributed by atoms with E-state index >= 15 is 0 Å². The van der Waals surface area contributed by atoms with Crippen LogP contribution in [0, 0.1) is 13.8 Å². The molecule has 2 aromatic carbocycles. The molecule has 1 fully saturated rings. The Morgan fingerprint density at radius 1 is 1.18 bits per heavy atom. The minimum atomic E-state index is -0.254. The van der Waals surface area contributed by atoms with Gasteiger partial charge in [0, 0.05) is 12.1 Å². The summed E-state index contributed by atoms with van der Waals surface area (Å²) in [6.45, 7) is 6.69. The zero-order valence-corrected chi connectivity index (χ0v) is 17.0. The number of benzene rings is 2. The van der Waals surface area contributed by atoms with Crippen LogP contribution in [0.15, 0.2) is 36.4 Å². The number of methoxy groups -OCH3 is 1. The summed E-state index contributed by atoms with van der Waals surface area (Å²) in [4.78, 5) is 15.3. The molecule has 4 nitrogen and oxygen atoms in total. The first-order chi connectivity index (χ1) is 13.5. The van der Waals surface area contributed by atoms with Crippen molar-refractivity contribution >= 4 is 11.9 Å². The molecule has 0 unspecified atom stereocenters. The number of carbonyl (C=O) groups excluding carboxylic acids is 1. The fourth-order valence-electron chi connectivity index (χ4n) is 3.78. The molecule has 0 amide bonds. The van der Waals surface area contributed by atoms with Crippen LogP contribution in [0.3, 0.4) is 0 Å². The Kier molecular flexibility index (Phi) is 6.53. The Labute approximate surface area is 167 Å². The van der Waals surface area contributed by atoms with Crippen molar-refractivity contribution in [3.63, 3.8) is 0 Å². The van der Waals surface area contributed by atoms with Crippen LogP contribution in [-0.4, -0.2) is 36.0 Å². The summed E-state index contributed by atoms with van der Waals surface area (Å²) in [5.41, 5.74) is 4.08. The molecule has 1 heterocycles. The second kappa shape index (κ2) is 9.07. The molecule has 0 saturated carbocycles. The number of aryl methyl sites for hydroxylation is 2. The first kappa shape index (κ1) is 20.2. The quantitative estimate of drug-likeness (QED) is 0.573. The largest absolute Gasteiger partial charge is 0.507 e. The lowest BCUT2D eigenvalue weighted by Gasteiger charge is -2.28. The number of phenolic OH excluding ortho intramolecular Hbond substituents is 1. The van der Waals surface area contributed by atoms with Crippen LogP contribution >= 0.6 is 0 Å². The Balaban J connectivity index is 1.91. The molecule has 1 aliphatic rings. The number of nitrogens with zero attached hydrogens (tertiary/aromatic N) is 1.